The number of aliphatic hydroxyl groups is 1. The van der Waals surface area contributed by atoms with Crippen LogP contribution in [0.1, 0.15) is 85.8 Å². The molecule has 4 aromatic rings. The van der Waals surface area contributed by atoms with Crippen molar-refractivity contribution >= 4 is 33.4 Å². The number of rotatable bonds is 8. The van der Waals surface area contributed by atoms with Gasteiger partial charge in [0.25, 0.3) is 5.91 Å². The lowest BCUT2D eigenvalue weighted by atomic mass is 9.89. The Balaban J connectivity index is 1.48. The molecule has 3 N–H and O–H groups in total. The number of aryl methyl sites for hydroxylation is 1. The van der Waals surface area contributed by atoms with E-state index in [1.165, 1.54) is 6.07 Å². The Labute approximate surface area is 279 Å². The number of thiophene rings is 1. The number of amides is 2. The zero-order valence-electron chi connectivity index (χ0n) is 27.7. The Morgan fingerprint density at radius 3 is 2.30 bits per heavy atom. The number of nitrogens with zero attached hydrogens (tertiary/aromatic N) is 1. The molecule has 0 saturated heterocycles. The normalized spacial score (nSPS) is 17.3. The van der Waals surface area contributed by atoms with Crippen LogP contribution in [0, 0.1) is 12.7 Å². The summed E-state index contributed by atoms with van der Waals surface area (Å²) in [6.45, 7) is 9.14. The summed E-state index contributed by atoms with van der Waals surface area (Å²) in [6.07, 6.45) is 1.43. The van der Waals surface area contributed by atoms with Gasteiger partial charge >= 0.3 is 6.09 Å². The van der Waals surface area contributed by atoms with E-state index in [4.69, 9.17) is 9.47 Å². The van der Waals surface area contributed by atoms with Gasteiger partial charge in [-0.25, -0.2) is 9.18 Å². The molecule has 0 spiro atoms. The molecular weight excluding hydrogens is 619 g/mol. The van der Waals surface area contributed by atoms with Crippen molar-refractivity contribution in [1.82, 2.24) is 10.2 Å². The van der Waals surface area contributed by atoms with E-state index in [9.17, 15) is 24.2 Å². The second-order valence-corrected chi connectivity index (χ2v) is 14.3. The van der Waals surface area contributed by atoms with Crippen molar-refractivity contribution in [2.45, 2.75) is 90.6 Å². The molecule has 1 saturated carbocycles. The molecule has 3 aromatic carbocycles. The molecule has 1 aliphatic carbocycles. The third-order valence-electron chi connectivity index (χ3n) is 8.63. The highest BCUT2D eigenvalue weighted by molar-refractivity contribution is 7.21. The summed E-state index contributed by atoms with van der Waals surface area (Å²) in [5.74, 6) is -0.480. The molecule has 1 atom stereocenters. The molecule has 1 unspecified atom stereocenters. The van der Waals surface area contributed by atoms with Crippen LogP contribution in [0.15, 0.2) is 54.6 Å². The van der Waals surface area contributed by atoms with Crippen LogP contribution in [0.25, 0.3) is 21.2 Å². The number of carbonyl (C=O) groups excluding carboxylic acids is 2. The molecule has 0 radical (unpaired) electrons. The molecule has 10 heteroatoms. The lowest BCUT2D eigenvalue weighted by Gasteiger charge is -2.37. The quantitative estimate of drug-likeness (QED) is 0.175. The Morgan fingerprint density at radius 1 is 1.04 bits per heavy atom. The van der Waals surface area contributed by atoms with E-state index in [0.29, 0.717) is 42.4 Å². The summed E-state index contributed by atoms with van der Waals surface area (Å²) in [4.78, 5) is 28.7. The molecule has 1 fully saturated rings. The van der Waals surface area contributed by atoms with Crippen molar-refractivity contribution in [2.75, 3.05) is 7.11 Å². The Morgan fingerprint density at radius 2 is 1.70 bits per heavy atom. The minimum absolute atomic E-state index is 0.0889. The number of ether oxygens (including phenoxy) is 2. The van der Waals surface area contributed by atoms with Crippen LogP contribution >= 0.6 is 11.3 Å². The standard InChI is InChI=1S/C37H43FN2O6S/c1-21-7-17-29(38)33-31(21)32(42)34(47-33)35(43)40(28-15-13-27(14-16-28)39-36(44)46-37(3,4)5)20-26-19-25(12-18-30(26)45-6)24-10-8-23(9-11-24)22(2)41/h7-12,17-19,22,27-28,41-42H,13-16,20H2,1-6H3,(H,39,44). The van der Waals surface area contributed by atoms with Gasteiger partial charge in [0.15, 0.2) is 0 Å². The van der Waals surface area contributed by atoms with Gasteiger partial charge in [-0.3, -0.25) is 4.79 Å². The van der Waals surface area contributed by atoms with Crippen LogP contribution in [0.4, 0.5) is 9.18 Å². The van der Waals surface area contributed by atoms with E-state index in [-0.39, 0.29) is 39.9 Å². The van der Waals surface area contributed by atoms with Gasteiger partial charge in [0.2, 0.25) is 0 Å². The number of hydrogen-bond acceptors (Lipinski definition) is 7. The van der Waals surface area contributed by atoms with Crippen LogP contribution in [-0.2, 0) is 11.3 Å². The van der Waals surface area contributed by atoms with E-state index in [2.05, 4.69) is 5.32 Å². The lowest BCUT2D eigenvalue weighted by molar-refractivity contribution is 0.0452. The first-order valence-corrected chi connectivity index (χ1v) is 16.7. The molecule has 1 aromatic heterocycles. The van der Waals surface area contributed by atoms with E-state index in [1.54, 1.807) is 31.9 Å². The van der Waals surface area contributed by atoms with Crippen LogP contribution in [-0.4, -0.2) is 51.9 Å². The lowest BCUT2D eigenvalue weighted by Crippen LogP contribution is -2.46. The molecule has 0 bridgehead atoms. The first-order valence-electron chi connectivity index (χ1n) is 15.9. The summed E-state index contributed by atoms with van der Waals surface area (Å²) in [5.41, 5.74) is 3.52. The highest BCUT2D eigenvalue weighted by Crippen LogP contribution is 2.42. The fourth-order valence-corrected chi connectivity index (χ4v) is 7.31. The number of nitrogens with one attached hydrogen (secondary N) is 1. The summed E-state index contributed by atoms with van der Waals surface area (Å²) in [5, 5.41) is 24.5. The fraction of sp³-hybridized carbons (Fsp3) is 0.405. The Kier molecular flexibility index (Phi) is 10.1. The molecule has 0 aliphatic heterocycles. The number of fused-ring (bicyclic) bond motifs is 1. The van der Waals surface area contributed by atoms with Crippen LogP contribution < -0.4 is 10.1 Å². The smallest absolute Gasteiger partial charge is 0.407 e. The van der Waals surface area contributed by atoms with Crippen molar-refractivity contribution in [3.05, 3.63) is 82.0 Å². The molecule has 2 amide bonds. The Hall–Kier alpha value is -4.15. The molecule has 1 heterocycles. The third-order valence-corrected chi connectivity index (χ3v) is 9.81. The SMILES string of the molecule is COc1ccc(-c2ccc(C(C)O)cc2)cc1CN(C(=O)c1sc2c(F)ccc(C)c2c1O)C1CCC(NC(=O)OC(C)(C)C)CC1. The van der Waals surface area contributed by atoms with Gasteiger partial charge in [0.1, 0.15) is 27.8 Å². The monoisotopic (exact) mass is 662 g/mol. The Bertz CT molecular complexity index is 1750. The zero-order valence-corrected chi connectivity index (χ0v) is 28.5. The number of aromatic hydroxyl groups is 1. The molecule has 5 rings (SSSR count). The maximum absolute atomic E-state index is 14.8. The first-order chi connectivity index (χ1) is 22.3. The molecule has 47 heavy (non-hydrogen) atoms. The first kappa shape index (κ1) is 34.2. The molecule has 8 nitrogen and oxygen atoms in total. The topological polar surface area (TPSA) is 108 Å². The maximum atomic E-state index is 14.8. The van der Waals surface area contributed by atoms with Gasteiger partial charge in [0, 0.05) is 29.6 Å². The van der Waals surface area contributed by atoms with Crippen molar-refractivity contribution in [1.29, 1.82) is 0 Å². The summed E-state index contributed by atoms with van der Waals surface area (Å²) >= 11 is 0.962. The summed E-state index contributed by atoms with van der Waals surface area (Å²) in [7, 11) is 1.58. The van der Waals surface area contributed by atoms with Crippen molar-refractivity contribution in [3.8, 4) is 22.6 Å². The highest BCUT2D eigenvalue weighted by Gasteiger charge is 2.34. The number of carbonyl (C=O) groups is 2. The second-order valence-electron chi connectivity index (χ2n) is 13.3. The summed E-state index contributed by atoms with van der Waals surface area (Å²) in [6, 6.07) is 16.1. The third kappa shape index (κ3) is 7.71. The minimum atomic E-state index is -0.610. The number of aliphatic hydroxyl groups excluding tert-OH is 1. The van der Waals surface area contributed by atoms with Crippen LogP contribution in [0.5, 0.6) is 11.5 Å². The van der Waals surface area contributed by atoms with E-state index in [0.717, 1.165) is 33.6 Å². The largest absolute Gasteiger partial charge is 0.506 e. The van der Waals surface area contributed by atoms with Crippen molar-refractivity contribution in [3.63, 3.8) is 0 Å². The summed E-state index contributed by atoms with van der Waals surface area (Å²) < 4.78 is 26.3. The van der Waals surface area contributed by atoms with Crippen molar-refractivity contribution in [2.24, 2.45) is 0 Å². The van der Waals surface area contributed by atoms with E-state index < -0.39 is 23.6 Å². The van der Waals surface area contributed by atoms with Gasteiger partial charge in [-0.2, -0.15) is 0 Å². The number of halogens is 1. The van der Waals surface area contributed by atoms with Crippen LogP contribution in [0.2, 0.25) is 0 Å². The predicted molar refractivity (Wildman–Crippen MR) is 183 cm³/mol. The van der Waals surface area contributed by atoms with Crippen LogP contribution in [0.3, 0.4) is 0 Å². The van der Waals surface area contributed by atoms with Gasteiger partial charge < -0.3 is 29.9 Å². The second kappa shape index (κ2) is 13.9. The van der Waals surface area contributed by atoms with Crippen molar-refractivity contribution < 1.29 is 33.7 Å². The number of alkyl carbamates (subject to hydrolysis) is 1. The number of hydrogen-bond donors (Lipinski definition) is 3. The molecular formula is C37H43FN2O6S. The average Bonchev–Trinajstić information content (AvgIpc) is 3.39. The fourth-order valence-electron chi connectivity index (χ4n) is 6.18. The average molecular weight is 663 g/mol. The number of methoxy groups -OCH3 is 1. The zero-order chi connectivity index (χ0) is 34.0. The van der Waals surface area contributed by atoms with Gasteiger partial charge in [-0.15, -0.1) is 11.3 Å². The van der Waals surface area contributed by atoms with Gasteiger partial charge in [-0.05, 0) is 101 Å². The van der Waals surface area contributed by atoms with E-state index in [1.807, 2.05) is 63.2 Å². The molecule has 1 aliphatic rings. The van der Waals surface area contributed by atoms with Gasteiger partial charge in [-0.1, -0.05) is 36.4 Å². The predicted octanol–water partition coefficient (Wildman–Crippen LogP) is 8.26. The molecule has 250 valence electrons. The minimum Gasteiger partial charge on any atom is -0.506 e. The highest BCUT2D eigenvalue weighted by atomic mass is 32.1. The van der Waals surface area contributed by atoms with Gasteiger partial charge in [0.05, 0.1) is 17.9 Å². The van der Waals surface area contributed by atoms with E-state index >= 15 is 0 Å². The maximum Gasteiger partial charge on any atom is 0.407 e. The number of benzene rings is 3.